The third kappa shape index (κ3) is 3.33. The molecule has 1 atom stereocenters. The number of benzene rings is 1. The summed E-state index contributed by atoms with van der Waals surface area (Å²) in [5.74, 6) is 0.114. The van der Waals surface area contributed by atoms with Gasteiger partial charge in [-0.3, -0.25) is 4.79 Å². The Labute approximate surface area is 114 Å². The lowest BCUT2D eigenvalue weighted by Crippen LogP contribution is -2.39. The minimum atomic E-state index is -0.622. The molecule has 0 bridgehead atoms. The summed E-state index contributed by atoms with van der Waals surface area (Å²) in [6.07, 6.45) is 0.988. The zero-order valence-electron chi connectivity index (χ0n) is 11.5. The van der Waals surface area contributed by atoms with Gasteiger partial charge in [0.2, 0.25) is 5.91 Å². The number of carbonyl (C=O) groups is 1. The number of likely N-dealkylation sites (N-methyl/N-ethyl adjacent to an activating group) is 1. The minimum Gasteiger partial charge on any atom is -0.389 e. The van der Waals surface area contributed by atoms with Crippen LogP contribution in [-0.4, -0.2) is 49.3 Å². The number of nitrogens with zero attached hydrogens (tertiary/aromatic N) is 1. The van der Waals surface area contributed by atoms with Crippen molar-refractivity contribution in [2.24, 2.45) is 5.92 Å². The van der Waals surface area contributed by atoms with Crippen LogP contribution in [0.15, 0.2) is 24.3 Å². The Hall–Kier alpha value is -1.39. The molecule has 1 N–H and O–H groups in total. The zero-order chi connectivity index (χ0) is 13.8. The molecule has 0 fully saturated rings. The molecule has 1 amide bonds. The van der Waals surface area contributed by atoms with E-state index in [0.29, 0.717) is 6.54 Å². The third-order valence-corrected chi connectivity index (χ3v) is 3.62. The van der Waals surface area contributed by atoms with Crippen LogP contribution in [0.4, 0.5) is 0 Å². The van der Waals surface area contributed by atoms with Gasteiger partial charge in [0.25, 0.3) is 0 Å². The summed E-state index contributed by atoms with van der Waals surface area (Å²) in [5, 5.41) is 9.67. The van der Waals surface area contributed by atoms with Crippen molar-refractivity contribution < 1.29 is 14.6 Å². The highest BCUT2D eigenvalue weighted by Gasteiger charge is 2.29. The molecule has 19 heavy (non-hydrogen) atoms. The fraction of sp³-hybridized carbons (Fsp3) is 0.533. The average molecular weight is 263 g/mol. The smallest absolute Gasteiger partial charge is 0.226 e. The highest BCUT2D eigenvalue weighted by Crippen LogP contribution is 2.27. The molecule has 0 radical (unpaired) electrons. The highest BCUT2D eigenvalue weighted by atomic mass is 16.5. The van der Waals surface area contributed by atoms with Crippen LogP contribution in [0.25, 0.3) is 0 Å². The normalized spacial score (nSPS) is 16.2. The largest absolute Gasteiger partial charge is 0.389 e. The Kier molecular flexibility index (Phi) is 4.56. The van der Waals surface area contributed by atoms with Gasteiger partial charge in [-0.2, -0.15) is 0 Å². The average Bonchev–Trinajstić information content (AvgIpc) is 2.81. The lowest BCUT2D eigenvalue weighted by molar-refractivity contribution is -0.135. The summed E-state index contributed by atoms with van der Waals surface area (Å²) < 4.78 is 4.87. The Morgan fingerprint density at radius 2 is 2.00 bits per heavy atom. The van der Waals surface area contributed by atoms with Crippen molar-refractivity contribution >= 4 is 5.91 Å². The molecule has 0 saturated heterocycles. The second-order valence-corrected chi connectivity index (χ2v) is 5.20. The fourth-order valence-electron chi connectivity index (χ4n) is 2.70. The number of aliphatic hydroxyl groups excluding tert-OH is 1. The van der Waals surface area contributed by atoms with Crippen LogP contribution in [0.2, 0.25) is 0 Å². The van der Waals surface area contributed by atoms with E-state index in [-0.39, 0.29) is 18.4 Å². The van der Waals surface area contributed by atoms with Crippen LogP contribution in [0, 0.1) is 5.92 Å². The molecule has 0 aromatic heterocycles. The molecule has 1 aromatic carbocycles. The van der Waals surface area contributed by atoms with Crippen molar-refractivity contribution in [1.82, 2.24) is 4.90 Å². The van der Waals surface area contributed by atoms with E-state index in [4.69, 9.17) is 4.74 Å². The number of aliphatic hydroxyl groups is 1. The van der Waals surface area contributed by atoms with Gasteiger partial charge in [-0.25, -0.2) is 0 Å². The monoisotopic (exact) mass is 263 g/mol. The molecule has 4 nitrogen and oxygen atoms in total. The third-order valence-electron chi connectivity index (χ3n) is 3.62. The quantitative estimate of drug-likeness (QED) is 0.857. The van der Waals surface area contributed by atoms with E-state index in [2.05, 4.69) is 12.1 Å². The Bertz CT molecular complexity index is 422. The number of methoxy groups -OCH3 is 1. The lowest BCUT2D eigenvalue weighted by atomic mass is 10.0. The predicted octanol–water partition coefficient (Wildman–Crippen LogP) is 0.867. The van der Waals surface area contributed by atoms with E-state index in [9.17, 15) is 9.90 Å². The van der Waals surface area contributed by atoms with Crippen molar-refractivity contribution in [2.45, 2.75) is 18.9 Å². The highest BCUT2D eigenvalue weighted by molar-refractivity contribution is 5.80. The molecule has 1 aromatic rings. The van der Waals surface area contributed by atoms with Crippen molar-refractivity contribution in [3.63, 3.8) is 0 Å². The maximum absolute atomic E-state index is 12.3. The van der Waals surface area contributed by atoms with Gasteiger partial charge in [0, 0.05) is 26.6 Å². The number of rotatable bonds is 5. The maximum Gasteiger partial charge on any atom is 0.226 e. The molecule has 4 heteroatoms. The molecular weight excluding hydrogens is 242 g/mol. The van der Waals surface area contributed by atoms with E-state index in [1.807, 2.05) is 12.1 Å². The topological polar surface area (TPSA) is 49.8 Å². The van der Waals surface area contributed by atoms with Gasteiger partial charge in [-0.1, -0.05) is 24.3 Å². The SMILES string of the molecule is COCC(O)CN(C)C(=O)C1Cc2ccccc2C1. The van der Waals surface area contributed by atoms with Gasteiger partial charge in [0.15, 0.2) is 0 Å². The second-order valence-electron chi connectivity index (χ2n) is 5.20. The molecule has 2 rings (SSSR count). The number of fused-ring (bicyclic) bond motifs is 1. The molecule has 0 spiro atoms. The van der Waals surface area contributed by atoms with Crippen LogP contribution >= 0.6 is 0 Å². The van der Waals surface area contributed by atoms with Gasteiger partial charge in [-0.15, -0.1) is 0 Å². The predicted molar refractivity (Wildman–Crippen MR) is 72.9 cm³/mol. The first-order valence-corrected chi connectivity index (χ1v) is 6.60. The molecular formula is C15H21NO3. The van der Waals surface area contributed by atoms with Crippen molar-refractivity contribution in [2.75, 3.05) is 27.3 Å². The van der Waals surface area contributed by atoms with Crippen LogP contribution in [0.5, 0.6) is 0 Å². The molecule has 1 aliphatic rings. The van der Waals surface area contributed by atoms with E-state index in [0.717, 1.165) is 12.8 Å². The first-order chi connectivity index (χ1) is 9.11. The van der Waals surface area contributed by atoms with Crippen LogP contribution < -0.4 is 0 Å². The first kappa shape index (κ1) is 14.0. The Balaban J connectivity index is 1.91. The van der Waals surface area contributed by atoms with Gasteiger partial charge < -0.3 is 14.7 Å². The van der Waals surface area contributed by atoms with Crippen LogP contribution in [0.3, 0.4) is 0 Å². The minimum absolute atomic E-state index is 0.0112. The number of hydrogen-bond acceptors (Lipinski definition) is 3. The standard InChI is InChI=1S/C15H21NO3/c1-16(9-14(17)10-19-2)15(18)13-7-11-5-3-4-6-12(11)8-13/h3-6,13-14,17H,7-10H2,1-2H3. The summed E-state index contributed by atoms with van der Waals surface area (Å²) in [4.78, 5) is 13.9. The second kappa shape index (κ2) is 6.17. The summed E-state index contributed by atoms with van der Waals surface area (Å²) in [6, 6.07) is 8.19. The maximum atomic E-state index is 12.3. The lowest BCUT2D eigenvalue weighted by Gasteiger charge is -2.23. The Morgan fingerprint density at radius 3 is 2.53 bits per heavy atom. The van der Waals surface area contributed by atoms with Gasteiger partial charge in [-0.05, 0) is 24.0 Å². The molecule has 1 aliphatic carbocycles. The van der Waals surface area contributed by atoms with Gasteiger partial charge in [0.05, 0.1) is 12.7 Å². The van der Waals surface area contributed by atoms with Gasteiger partial charge in [0.1, 0.15) is 0 Å². The number of ether oxygens (including phenoxy) is 1. The van der Waals surface area contributed by atoms with Crippen molar-refractivity contribution in [3.8, 4) is 0 Å². The summed E-state index contributed by atoms with van der Waals surface area (Å²) in [6.45, 7) is 0.571. The van der Waals surface area contributed by atoms with E-state index in [1.54, 1.807) is 19.1 Å². The Morgan fingerprint density at radius 1 is 1.42 bits per heavy atom. The summed E-state index contributed by atoms with van der Waals surface area (Å²) in [5.41, 5.74) is 2.54. The fourth-order valence-corrected chi connectivity index (χ4v) is 2.70. The first-order valence-electron chi connectivity index (χ1n) is 6.60. The number of carbonyl (C=O) groups excluding carboxylic acids is 1. The van der Waals surface area contributed by atoms with Crippen molar-refractivity contribution in [3.05, 3.63) is 35.4 Å². The molecule has 104 valence electrons. The van der Waals surface area contributed by atoms with Gasteiger partial charge >= 0.3 is 0 Å². The van der Waals surface area contributed by atoms with Crippen LogP contribution in [-0.2, 0) is 22.4 Å². The van der Waals surface area contributed by atoms with Crippen molar-refractivity contribution in [1.29, 1.82) is 0 Å². The summed E-state index contributed by atoms with van der Waals surface area (Å²) in [7, 11) is 3.28. The summed E-state index contributed by atoms with van der Waals surface area (Å²) >= 11 is 0. The molecule has 0 saturated carbocycles. The van der Waals surface area contributed by atoms with E-state index >= 15 is 0 Å². The number of amides is 1. The molecule has 0 aliphatic heterocycles. The molecule has 0 heterocycles. The zero-order valence-corrected chi connectivity index (χ0v) is 11.5. The van der Waals surface area contributed by atoms with E-state index in [1.165, 1.54) is 11.1 Å². The van der Waals surface area contributed by atoms with Crippen LogP contribution in [0.1, 0.15) is 11.1 Å². The number of hydrogen-bond donors (Lipinski definition) is 1. The molecule has 1 unspecified atom stereocenters. The van der Waals surface area contributed by atoms with E-state index < -0.39 is 6.10 Å².